The van der Waals surface area contributed by atoms with Crippen LogP contribution in [-0.2, 0) is 6.42 Å². The van der Waals surface area contributed by atoms with Crippen LogP contribution in [0.2, 0.25) is 0 Å². The highest BCUT2D eigenvalue weighted by Crippen LogP contribution is 2.26. The van der Waals surface area contributed by atoms with Gasteiger partial charge in [0.15, 0.2) is 16.8 Å². The molecule has 4 aromatic rings. The number of hydrogen-bond donors (Lipinski definition) is 1. The Morgan fingerprint density at radius 3 is 2.46 bits per heavy atom. The summed E-state index contributed by atoms with van der Waals surface area (Å²) in [6.45, 7) is 6.06. The highest BCUT2D eigenvalue weighted by Gasteiger charge is 2.19. The molecule has 9 nitrogen and oxygen atoms in total. The van der Waals surface area contributed by atoms with E-state index in [1.165, 1.54) is 18.1 Å². The van der Waals surface area contributed by atoms with E-state index in [0.717, 1.165) is 16.2 Å². The minimum Gasteiger partial charge on any atom is -0.313 e. The van der Waals surface area contributed by atoms with E-state index in [2.05, 4.69) is 33.8 Å². The van der Waals surface area contributed by atoms with Gasteiger partial charge in [0.2, 0.25) is 0 Å². The smallest absolute Gasteiger partial charge is 0.291 e. The summed E-state index contributed by atoms with van der Waals surface area (Å²) >= 11 is 1.52. The van der Waals surface area contributed by atoms with Crippen LogP contribution in [0.15, 0.2) is 22.5 Å². The molecule has 0 spiro atoms. The maximum Gasteiger partial charge on any atom is 0.291 e. The molecule has 0 saturated heterocycles. The maximum atomic E-state index is 13.6. The molecule has 4 heterocycles. The van der Waals surface area contributed by atoms with Gasteiger partial charge in [0.05, 0.1) is 12.7 Å². The summed E-state index contributed by atoms with van der Waals surface area (Å²) in [5.74, 6) is 0.638. The molecule has 0 amide bonds. The molecule has 28 heavy (non-hydrogen) atoms. The number of rotatable bonds is 5. The Balaban J connectivity index is 1.75. The summed E-state index contributed by atoms with van der Waals surface area (Å²) in [7, 11) is 0. The van der Waals surface area contributed by atoms with Gasteiger partial charge in [-0.2, -0.15) is 9.37 Å². The van der Waals surface area contributed by atoms with Crippen molar-refractivity contribution in [3.05, 3.63) is 34.9 Å². The van der Waals surface area contributed by atoms with Crippen LogP contribution in [0, 0.1) is 6.08 Å². The standard InChI is InChI=1S/C17H19FN8OS/c1-8(2)25-6-20-12-14(25)21-10(22-16(12)28-4)5-9(3)26-7-19-11-13(26)23-17(18)24-15(11)27/h6-9H,5H2,1-4H3,(H,23,24,27). The second-order valence-electron chi connectivity index (χ2n) is 6.80. The molecule has 0 aliphatic heterocycles. The van der Waals surface area contributed by atoms with Gasteiger partial charge in [0.25, 0.3) is 11.6 Å². The number of thioether (sulfide) groups is 1. The van der Waals surface area contributed by atoms with Crippen molar-refractivity contribution < 1.29 is 4.39 Å². The quantitative estimate of drug-likeness (QED) is 0.310. The molecule has 4 rings (SSSR count). The van der Waals surface area contributed by atoms with E-state index < -0.39 is 11.6 Å². The van der Waals surface area contributed by atoms with Crippen LogP contribution >= 0.6 is 11.8 Å². The molecule has 0 aliphatic rings. The van der Waals surface area contributed by atoms with Gasteiger partial charge < -0.3 is 9.13 Å². The third kappa shape index (κ3) is 3.05. The van der Waals surface area contributed by atoms with Crippen LogP contribution in [0.25, 0.3) is 22.3 Å². The average Bonchev–Trinajstić information content (AvgIpc) is 3.25. The molecule has 0 aliphatic carbocycles. The topological polar surface area (TPSA) is 107 Å². The van der Waals surface area contributed by atoms with E-state index >= 15 is 0 Å². The summed E-state index contributed by atoms with van der Waals surface area (Å²) in [6.07, 6.45) is 4.75. The van der Waals surface area contributed by atoms with Crippen molar-refractivity contribution in [3.63, 3.8) is 0 Å². The van der Waals surface area contributed by atoms with E-state index in [0.29, 0.717) is 12.2 Å². The number of aromatic amines is 1. The summed E-state index contributed by atoms with van der Waals surface area (Å²) in [5.41, 5.74) is 1.27. The second-order valence-corrected chi connectivity index (χ2v) is 7.60. The van der Waals surface area contributed by atoms with Crippen molar-refractivity contribution in [3.8, 4) is 0 Å². The number of hydrogen-bond acceptors (Lipinski definition) is 7. The molecule has 0 bridgehead atoms. The lowest BCUT2D eigenvalue weighted by molar-refractivity contribution is 0.517. The Labute approximate surface area is 163 Å². The third-order valence-electron chi connectivity index (χ3n) is 4.54. The molecule has 4 aromatic heterocycles. The molecule has 1 unspecified atom stereocenters. The first-order valence-electron chi connectivity index (χ1n) is 8.78. The van der Waals surface area contributed by atoms with Crippen molar-refractivity contribution >= 4 is 34.1 Å². The van der Waals surface area contributed by atoms with Crippen LogP contribution in [0.5, 0.6) is 0 Å². The second kappa shape index (κ2) is 6.97. The van der Waals surface area contributed by atoms with E-state index in [4.69, 9.17) is 4.98 Å². The number of nitrogens with zero attached hydrogens (tertiary/aromatic N) is 7. The number of halogens is 1. The van der Waals surface area contributed by atoms with E-state index in [-0.39, 0.29) is 23.2 Å². The first kappa shape index (κ1) is 18.5. The number of H-pyrrole nitrogens is 1. The van der Waals surface area contributed by atoms with Crippen LogP contribution in [0.3, 0.4) is 0 Å². The molecule has 0 aromatic carbocycles. The van der Waals surface area contributed by atoms with Crippen LogP contribution < -0.4 is 5.56 Å². The predicted molar refractivity (Wildman–Crippen MR) is 104 cm³/mol. The number of imidazole rings is 2. The monoisotopic (exact) mass is 402 g/mol. The normalized spacial score (nSPS) is 13.1. The fourth-order valence-corrected chi connectivity index (χ4v) is 3.66. The summed E-state index contributed by atoms with van der Waals surface area (Å²) in [5, 5.41) is 0.808. The van der Waals surface area contributed by atoms with Gasteiger partial charge in [-0.1, -0.05) is 0 Å². The lowest BCUT2D eigenvalue weighted by Crippen LogP contribution is -2.14. The fraction of sp³-hybridized carbons (Fsp3) is 0.412. The van der Waals surface area contributed by atoms with Gasteiger partial charge in [0.1, 0.15) is 16.4 Å². The van der Waals surface area contributed by atoms with Crippen molar-refractivity contribution in [2.24, 2.45) is 0 Å². The summed E-state index contributed by atoms with van der Waals surface area (Å²) in [6, 6.07) is 0.0395. The van der Waals surface area contributed by atoms with E-state index in [9.17, 15) is 9.18 Å². The van der Waals surface area contributed by atoms with E-state index in [1.807, 2.05) is 22.7 Å². The molecule has 1 N–H and O–H groups in total. The largest absolute Gasteiger partial charge is 0.313 e. The number of fused-ring (bicyclic) bond motifs is 2. The SMILES string of the molecule is CSc1nc(CC(C)n2cnc3c(=O)[nH]c(F)nc32)nc2c1ncn2C(C)C. The lowest BCUT2D eigenvalue weighted by Gasteiger charge is -2.14. The molecule has 1 atom stereocenters. The molecule has 146 valence electrons. The van der Waals surface area contributed by atoms with Gasteiger partial charge in [-0.05, 0) is 27.0 Å². The Bertz CT molecular complexity index is 1230. The maximum absolute atomic E-state index is 13.6. The highest BCUT2D eigenvalue weighted by atomic mass is 32.2. The molecule has 0 fully saturated rings. The van der Waals surface area contributed by atoms with Crippen LogP contribution in [0.1, 0.15) is 38.7 Å². The van der Waals surface area contributed by atoms with Gasteiger partial charge in [-0.25, -0.2) is 19.9 Å². The first-order valence-corrected chi connectivity index (χ1v) is 10.0. The van der Waals surface area contributed by atoms with Gasteiger partial charge >= 0.3 is 0 Å². The Hall–Kier alpha value is -2.82. The number of aromatic nitrogens is 8. The molecule has 11 heteroatoms. The Morgan fingerprint density at radius 1 is 1.07 bits per heavy atom. The zero-order valence-corrected chi connectivity index (χ0v) is 16.7. The van der Waals surface area contributed by atoms with Crippen LogP contribution in [-0.4, -0.2) is 45.3 Å². The zero-order valence-electron chi connectivity index (χ0n) is 15.8. The van der Waals surface area contributed by atoms with Gasteiger partial charge in [-0.15, -0.1) is 11.8 Å². The molecule has 0 saturated carbocycles. The van der Waals surface area contributed by atoms with Crippen LogP contribution in [0.4, 0.5) is 4.39 Å². The lowest BCUT2D eigenvalue weighted by atomic mass is 10.2. The number of nitrogens with one attached hydrogen (secondary N) is 1. The first-order chi connectivity index (χ1) is 13.4. The van der Waals surface area contributed by atoms with Crippen molar-refractivity contribution in [2.75, 3.05) is 6.26 Å². The molecular weight excluding hydrogens is 383 g/mol. The van der Waals surface area contributed by atoms with Crippen molar-refractivity contribution in [1.82, 2.24) is 39.0 Å². The fourth-order valence-electron chi connectivity index (χ4n) is 3.13. The van der Waals surface area contributed by atoms with Gasteiger partial charge in [-0.3, -0.25) is 9.78 Å². The minimum atomic E-state index is -0.936. The van der Waals surface area contributed by atoms with E-state index in [1.54, 1.807) is 10.9 Å². The summed E-state index contributed by atoms with van der Waals surface area (Å²) < 4.78 is 17.2. The average molecular weight is 402 g/mol. The van der Waals surface area contributed by atoms with Crippen molar-refractivity contribution in [2.45, 2.75) is 44.3 Å². The third-order valence-corrected chi connectivity index (χ3v) is 5.21. The molecular formula is C17H19FN8OS. The zero-order chi connectivity index (χ0) is 20.0. The highest BCUT2D eigenvalue weighted by molar-refractivity contribution is 7.98. The van der Waals surface area contributed by atoms with Crippen molar-refractivity contribution in [1.29, 1.82) is 0 Å². The van der Waals surface area contributed by atoms with Gasteiger partial charge in [0, 0.05) is 18.5 Å². The Morgan fingerprint density at radius 2 is 1.75 bits per heavy atom. The summed E-state index contributed by atoms with van der Waals surface area (Å²) in [4.78, 5) is 35.5. The predicted octanol–water partition coefficient (Wildman–Crippen LogP) is 2.50. The minimum absolute atomic E-state index is 0.104. The molecule has 0 radical (unpaired) electrons. The Kier molecular flexibility index (Phi) is 4.61.